The molecule has 1 aromatic heterocycles. The number of para-hydroxylation sites is 2. The molecule has 3 rings (SSSR count). The van der Waals surface area contributed by atoms with Gasteiger partial charge in [0, 0.05) is 25.6 Å². The van der Waals surface area contributed by atoms with Crippen molar-refractivity contribution in [1.29, 1.82) is 0 Å². The van der Waals surface area contributed by atoms with E-state index in [4.69, 9.17) is 4.98 Å². The maximum Gasteiger partial charge on any atom is 0.124 e. The molecule has 24 heavy (non-hydrogen) atoms. The summed E-state index contributed by atoms with van der Waals surface area (Å²) >= 11 is 0. The Morgan fingerprint density at radius 2 is 2.08 bits per heavy atom. The highest BCUT2D eigenvalue weighted by atomic mass is 16.3. The first-order valence-corrected chi connectivity index (χ1v) is 9.04. The maximum atomic E-state index is 10.2. The van der Waals surface area contributed by atoms with E-state index in [1.165, 1.54) is 5.52 Å². The van der Waals surface area contributed by atoms with Crippen molar-refractivity contribution in [2.45, 2.75) is 45.9 Å². The largest absolute Gasteiger partial charge is 0.396 e. The van der Waals surface area contributed by atoms with Crippen LogP contribution in [0.5, 0.6) is 0 Å². The smallest absolute Gasteiger partial charge is 0.124 e. The summed E-state index contributed by atoms with van der Waals surface area (Å²) in [6.45, 7) is 7.80. The van der Waals surface area contributed by atoms with Crippen molar-refractivity contribution in [3.63, 3.8) is 0 Å². The number of imidazole rings is 1. The van der Waals surface area contributed by atoms with Crippen molar-refractivity contribution in [1.82, 2.24) is 14.5 Å². The van der Waals surface area contributed by atoms with E-state index in [0.717, 1.165) is 43.8 Å². The van der Waals surface area contributed by atoms with Gasteiger partial charge in [-0.3, -0.25) is 4.90 Å². The lowest BCUT2D eigenvalue weighted by Crippen LogP contribution is -2.44. The Kier molecular flexibility index (Phi) is 5.54. The van der Waals surface area contributed by atoms with E-state index >= 15 is 0 Å². The van der Waals surface area contributed by atoms with Crippen molar-refractivity contribution >= 4 is 11.0 Å². The van der Waals surface area contributed by atoms with Gasteiger partial charge < -0.3 is 14.8 Å². The van der Waals surface area contributed by atoms with Crippen LogP contribution in [0, 0.1) is 11.8 Å². The Hall–Kier alpha value is -1.43. The standard InChI is InChI=1S/C19H29N3O2/c1-14(2)7-10-22-17-6-4-3-5-16(17)20-19(22)12-21-9-8-15(13-23)18(24)11-21/h3-6,14-15,18,23-24H,7-13H2,1-2H3/t15-,18-/m1/s1. The molecule has 132 valence electrons. The van der Waals surface area contributed by atoms with Crippen LogP contribution in [0.3, 0.4) is 0 Å². The van der Waals surface area contributed by atoms with Crippen LogP contribution in [0.25, 0.3) is 11.0 Å². The molecule has 0 radical (unpaired) electrons. The molecule has 5 nitrogen and oxygen atoms in total. The molecule has 1 aliphatic rings. The third-order valence-electron chi connectivity index (χ3n) is 5.07. The van der Waals surface area contributed by atoms with Gasteiger partial charge in [0.2, 0.25) is 0 Å². The minimum atomic E-state index is -0.447. The molecule has 1 aliphatic heterocycles. The molecule has 0 bridgehead atoms. The molecule has 0 saturated carbocycles. The second kappa shape index (κ2) is 7.64. The van der Waals surface area contributed by atoms with E-state index in [0.29, 0.717) is 12.5 Å². The lowest BCUT2D eigenvalue weighted by molar-refractivity contribution is -0.00543. The number of aryl methyl sites for hydroxylation is 1. The number of hydrogen-bond acceptors (Lipinski definition) is 4. The Morgan fingerprint density at radius 1 is 1.29 bits per heavy atom. The van der Waals surface area contributed by atoms with Gasteiger partial charge in [0.25, 0.3) is 0 Å². The van der Waals surface area contributed by atoms with Crippen molar-refractivity contribution in [3.05, 3.63) is 30.1 Å². The summed E-state index contributed by atoms with van der Waals surface area (Å²) in [5.41, 5.74) is 2.24. The van der Waals surface area contributed by atoms with Crippen LogP contribution >= 0.6 is 0 Å². The summed E-state index contributed by atoms with van der Waals surface area (Å²) in [4.78, 5) is 7.09. The average Bonchev–Trinajstić information content (AvgIpc) is 2.90. The zero-order valence-corrected chi connectivity index (χ0v) is 14.7. The van der Waals surface area contributed by atoms with Crippen molar-refractivity contribution in [2.24, 2.45) is 11.8 Å². The van der Waals surface area contributed by atoms with Crippen LogP contribution < -0.4 is 0 Å². The molecule has 1 fully saturated rings. The molecule has 1 aromatic carbocycles. The van der Waals surface area contributed by atoms with E-state index in [1.807, 2.05) is 6.07 Å². The fraction of sp³-hybridized carbons (Fsp3) is 0.632. The van der Waals surface area contributed by atoms with Crippen LogP contribution in [0.15, 0.2) is 24.3 Å². The summed E-state index contributed by atoms with van der Waals surface area (Å²) < 4.78 is 2.33. The molecule has 2 atom stereocenters. The van der Waals surface area contributed by atoms with Crippen molar-refractivity contribution in [3.8, 4) is 0 Å². The quantitative estimate of drug-likeness (QED) is 0.852. The third kappa shape index (κ3) is 3.79. The molecule has 1 saturated heterocycles. The second-order valence-electron chi connectivity index (χ2n) is 7.38. The number of benzene rings is 1. The number of aromatic nitrogens is 2. The highest BCUT2D eigenvalue weighted by Crippen LogP contribution is 2.22. The normalized spacial score (nSPS) is 22.5. The minimum absolute atomic E-state index is 0.0148. The summed E-state index contributed by atoms with van der Waals surface area (Å²) in [6.07, 6.45) is 1.52. The fourth-order valence-corrected chi connectivity index (χ4v) is 3.49. The molecule has 2 heterocycles. The minimum Gasteiger partial charge on any atom is -0.396 e. The molecule has 5 heteroatoms. The predicted molar refractivity (Wildman–Crippen MR) is 95.7 cm³/mol. The van der Waals surface area contributed by atoms with Crippen molar-refractivity contribution < 1.29 is 10.2 Å². The Labute approximate surface area is 143 Å². The number of aliphatic hydroxyl groups excluding tert-OH is 2. The average molecular weight is 331 g/mol. The molecule has 0 unspecified atom stereocenters. The molecule has 0 spiro atoms. The summed E-state index contributed by atoms with van der Waals surface area (Å²) in [6, 6.07) is 8.30. The maximum absolute atomic E-state index is 10.2. The first kappa shape index (κ1) is 17.4. The fourth-order valence-electron chi connectivity index (χ4n) is 3.49. The van der Waals surface area contributed by atoms with Gasteiger partial charge in [-0.15, -0.1) is 0 Å². The Morgan fingerprint density at radius 3 is 2.79 bits per heavy atom. The highest BCUT2D eigenvalue weighted by molar-refractivity contribution is 5.75. The number of rotatable bonds is 6. The number of likely N-dealkylation sites (tertiary alicyclic amines) is 1. The van der Waals surface area contributed by atoms with E-state index in [-0.39, 0.29) is 12.5 Å². The number of aliphatic hydroxyl groups is 2. The van der Waals surface area contributed by atoms with Gasteiger partial charge in [-0.25, -0.2) is 4.98 Å². The predicted octanol–water partition coefficient (Wildman–Crippen LogP) is 2.26. The first-order chi connectivity index (χ1) is 11.6. The zero-order valence-electron chi connectivity index (χ0n) is 14.7. The van der Waals surface area contributed by atoms with Gasteiger partial charge >= 0.3 is 0 Å². The lowest BCUT2D eigenvalue weighted by atomic mass is 9.95. The van der Waals surface area contributed by atoms with E-state index in [9.17, 15) is 10.2 Å². The zero-order chi connectivity index (χ0) is 17.1. The van der Waals surface area contributed by atoms with Crippen LogP contribution in [-0.4, -0.2) is 50.5 Å². The SMILES string of the molecule is CC(C)CCn1c(CN2CC[C@H](CO)[C@H](O)C2)nc2ccccc21. The molecule has 2 aromatic rings. The summed E-state index contributed by atoms with van der Waals surface area (Å²) in [5.74, 6) is 1.74. The van der Waals surface area contributed by atoms with Crippen LogP contribution in [-0.2, 0) is 13.1 Å². The molecule has 0 aliphatic carbocycles. The Balaban J connectivity index is 1.79. The van der Waals surface area contributed by atoms with E-state index in [2.05, 4.69) is 41.5 Å². The summed E-state index contributed by atoms with van der Waals surface area (Å²) in [7, 11) is 0. The second-order valence-corrected chi connectivity index (χ2v) is 7.38. The number of fused-ring (bicyclic) bond motifs is 1. The monoisotopic (exact) mass is 331 g/mol. The van der Waals surface area contributed by atoms with E-state index < -0.39 is 6.10 Å². The van der Waals surface area contributed by atoms with Crippen molar-refractivity contribution in [2.75, 3.05) is 19.7 Å². The summed E-state index contributed by atoms with van der Waals surface area (Å²) in [5, 5.41) is 19.5. The molecule has 2 N–H and O–H groups in total. The molecular formula is C19H29N3O2. The number of piperidine rings is 1. The van der Waals surface area contributed by atoms with Gasteiger partial charge in [0.15, 0.2) is 0 Å². The topological polar surface area (TPSA) is 61.5 Å². The van der Waals surface area contributed by atoms with E-state index in [1.54, 1.807) is 0 Å². The number of nitrogens with zero attached hydrogens (tertiary/aromatic N) is 3. The van der Waals surface area contributed by atoms with Crippen LogP contribution in [0.2, 0.25) is 0 Å². The van der Waals surface area contributed by atoms with Gasteiger partial charge in [-0.2, -0.15) is 0 Å². The Bertz CT molecular complexity index is 668. The molecular weight excluding hydrogens is 302 g/mol. The lowest BCUT2D eigenvalue weighted by Gasteiger charge is -2.34. The van der Waals surface area contributed by atoms with Gasteiger partial charge in [0.1, 0.15) is 5.82 Å². The first-order valence-electron chi connectivity index (χ1n) is 9.04. The van der Waals surface area contributed by atoms with Crippen LogP contribution in [0.4, 0.5) is 0 Å². The highest BCUT2D eigenvalue weighted by Gasteiger charge is 2.28. The van der Waals surface area contributed by atoms with Gasteiger partial charge in [-0.05, 0) is 37.4 Å². The number of β-amino-alcohol motifs (C(OH)–C–C–N with tert-alkyl or cyclic N) is 1. The third-order valence-corrected chi connectivity index (χ3v) is 5.07. The van der Waals surface area contributed by atoms with Gasteiger partial charge in [0.05, 0.1) is 23.7 Å². The molecule has 0 amide bonds. The number of hydrogen-bond donors (Lipinski definition) is 2. The van der Waals surface area contributed by atoms with Crippen LogP contribution in [0.1, 0.15) is 32.5 Å². The van der Waals surface area contributed by atoms with Gasteiger partial charge in [-0.1, -0.05) is 26.0 Å².